The zero-order valence-electron chi connectivity index (χ0n) is 9.75. The number of nitrogens with zero attached hydrogens (tertiary/aromatic N) is 1. The van der Waals surface area contributed by atoms with Crippen molar-refractivity contribution in [3.63, 3.8) is 0 Å². The van der Waals surface area contributed by atoms with Crippen LogP contribution in [0, 0.1) is 0 Å². The molecular weight excluding hydrogens is 206 g/mol. The smallest absolute Gasteiger partial charge is 0.184 e. The first-order chi connectivity index (χ1) is 7.27. The number of carbonyl (C=O) groups is 1. The molecular formula is C12H19NOS. The summed E-state index contributed by atoms with van der Waals surface area (Å²) in [5.41, 5.74) is 0. The van der Waals surface area contributed by atoms with E-state index in [0.29, 0.717) is 11.1 Å². The van der Waals surface area contributed by atoms with Crippen molar-refractivity contribution in [2.75, 3.05) is 0 Å². The fourth-order valence-electron chi connectivity index (χ4n) is 1.68. The van der Waals surface area contributed by atoms with E-state index in [1.54, 1.807) is 18.7 Å². The van der Waals surface area contributed by atoms with Crippen LogP contribution < -0.4 is 0 Å². The Kier molecular flexibility index (Phi) is 5.09. The Balaban J connectivity index is 0.000000531. The molecule has 0 aromatic carbocycles. The monoisotopic (exact) mass is 225 g/mol. The number of fused-ring (bicyclic) bond motifs is 1. The molecule has 1 aliphatic heterocycles. The largest absolute Gasteiger partial charge is 0.292 e. The summed E-state index contributed by atoms with van der Waals surface area (Å²) < 4.78 is 0. The van der Waals surface area contributed by atoms with Crippen molar-refractivity contribution in [3.05, 3.63) is 11.0 Å². The minimum atomic E-state index is 0.110. The van der Waals surface area contributed by atoms with E-state index in [0.717, 1.165) is 12.8 Å². The molecule has 2 rings (SSSR count). The third-order valence-electron chi connectivity index (χ3n) is 2.39. The van der Waals surface area contributed by atoms with Crippen LogP contribution in [-0.4, -0.2) is 16.9 Å². The third-order valence-corrected chi connectivity index (χ3v) is 3.66. The third kappa shape index (κ3) is 3.20. The average molecular weight is 225 g/mol. The molecule has 0 saturated carbocycles. The molecule has 1 heterocycles. The second-order valence-electron chi connectivity index (χ2n) is 3.50. The molecule has 0 bridgehead atoms. The molecule has 0 aromatic rings. The zero-order valence-corrected chi connectivity index (χ0v) is 10.6. The van der Waals surface area contributed by atoms with Gasteiger partial charge in [0.2, 0.25) is 0 Å². The molecule has 0 aromatic heterocycles. The van der Waals surface area contributed by atoms with E-state index in [1.807, 2.05) is 13.8 Å². The van der Waals surface area contributed by atoms with Gasteiger partial charge in [-0.15, -0.1) is 0 Å². The number of allylic oxidation sites excluding steroid dienone is 1. The second kappa shape index (κ2) is 6.11. The Morgan fingerprint density at radius 2 is 2.20 bits per heavy atom. The lowest BCUT2D eigenvalue weighted by Crippen LogP contribution is -2.02. The van der Waals surface area contributed by atoms with Crippen molar-refractivity contribution in [1.82, 2.24) is 0 Å². The molecule has 0 radical (unpaired) electrons. The van der Waals surface area contributed by atoms with Crippen LogP contribution in [-0.2, 0) is 4.79 Å². The summed E-state index contributed by atoms with van der Waals surface area (Å²) >= 11 is 1.58. The summed E-state index contributed by atoms with van der Waals surface area (Å²) in [6.45, 7) is 5.59. The highest BCUT2D eigenvalue weighted by molar-refractivity contribution is 8.19. The van der Waals surface area contributed by atoms with Gasteiger partial charge in [-0.2, -0.15) is 0 Å². The quantitative estimate of drug-likeness (QED) is 0.682. The van der Waals surface area contributed by atoms with E-state index in [-0.39, 0.29) is 5.78 Å². The first kappa shape index (κ1) is 12.5. The Hall–Kier alpha value is -0.570. The summed E-state index contributed by atoms with van der Waals surface area (Å²) in [4.78, 5) is 16.8. The molecule has 1 aliphatic carbocycles. The molecule has 0 saturated heterocycles. The van der Waals surface area contributed by atoms with E-state index in [9.17, 15) is 4.79 Å². The maximum atomic E-state index is 11.1. The van der Waals surface area contributed by atoms with E-state index in [1.165, 1.54) is 17.7 Å². The predicted molar refractivity (Wildman–Crippen MR) is 67.4 cm³/mol. The number of hydrogen-bond donors (Lipinski definition) is 0. The predicted octanol–water partition coefficient (Wildman–Crippen LogP) is 3.57. The lowest BCUT2D eigenvalue weighted by atomic mass is 10.1. The van der Waals surface area contributed by atoms with Crippen molar-refractivity contribution in [1.29, 1.82) is 0 Å². The highest BCUT2D eigenvalue weighted by Crippen LogP contribution is 2.36. The Labute approximate surface area is 96.2 Å². The van der Waals surface area contributed by atoms with Crippen LogP contribution in [0.2, 0.25) is 0 Å². The van der Waals surface area contributed by atoms with Crippen molar-refractivity contribution in [2.24, 2.45) is 4.99 Å². The minimum Gasteiger partial charge on any atom is -0.292 e. The van der Waals surface area contributed by atoms with Gasteiger partial charge < -0.3 is 0 Å². The molecule has 0 fully saturated rings. The molecule has 3 heteroatoms. The number of ketones is 1. The number of thioether (sulfide) groups is 1. The summed E-state index contributed by atoms with van der Waals surface area (Å²) in [7, 11) is 0. The molecule has 15 heavy (non-hydrogen) atoms. The van der Waals surface area contributed by atoms with E-state index < -0.39 is 0 Å². The number of hydrogen-bond acceptors (Lipinski definition) is 3. The van der Waals surface area contributed by atoms with Crippen molar-refractivity contribution < 1.29 is 4.79 Å². The normalized spacial score (nSPS) is 24.1. The fraction of sp³-hybridized carbons (Fsp3) is 0.667. The van der Waals surface area contributed by atoms with Gasteiger partial charge in [0.15, 0.2) is 5.78 Å². The van der Waals surface area contributed by atoms with Gasteiger partial charge in [-0.25, -0.2) is 0 Å². The maximum absolute atomic E-state index is 11.1. The van der Waals surface area contributed by atoms with Crippen LogP contribution >= 0.6 is 11.8 Å². The lowest BCUT2D eigenvalue weighted by molar-refractivity contribution is -0.110. The molecule has 1 atom stereocenters. The summed E-state index contributed by atoms with van der Waals surface area (Å²) in [5.74, 6) is 0.110. The number of carbonyl (C=O) groups excluding carboxylic acids is 1. The van der Waals surface area contributed by atoms with Crippen molar-refractivity contribution in [2.45, 2.75) is 52.5 Å². The summed E-state index contributed by atoms with van der Waals surface area (Å²) in [5, 5.41) is 0.707. The lowest BCUT2D eigenvalue weighted by Gasteiger charge is -2.03. The van der Waals surface area contributed by atoms with Crippen LogP contribution in [0.5, 0.6) is 0 Å². The fourth-order valence-corrected chi connectivity index (χ4v) is 2.74. The molecule has 0 amide bonds. The molecule has 0 spiro atoms. The average Bonchev–Trinajstić information content (AvgIpc) is 2.54. The van der Waals surface area contributed by atoms with Crippen LogP contribution in [0.15, 0.2) is 16.0 Å². The molecule has 2 nitrogen and oxygen atoms in total. The SMILES string of the molecule is CC.CC(=O)C1=NC2CCCCC=C2S1. The van der Waals surface area contributed by atoms with Gasteiger partial charge >= 0.3 is 0 Å². The van der Waals surface area contributed by atoms with Crippen LogP contribution in [0.3, 0.4) is 0 Å². The minimum absolute atomic E-state index is 0.110. The highest BCUT2D eigenvalue weighted by Gasteiger charge is 2.26. The van der Waals surface area contributed by atoms with Crippen LogP contribution in [0.4, 0.5) is 0 Å². The van der Waals surface area contributed by atoms with Crippen molar-refractivity contribution >= 4 is 22.6 Å². The number of Topliss-reactive ketones (excluding diaryl/α,β-unsaturated/α-hetero) is 1. The van der Waals surface area contributed by atoms with Gasteiger partial charge in [0.1, 0.15) is 5.04 Å². The Morgan fingerprint density at radius 3 is 2.87 bits per heavy atom. The van der Waals surface area contributed by atoms with Gasteiger partial charge in [-0.1, -0.05) is 38.1 Å². The van der Waals surface area contributed by atoms with Gasteiger partial charge in [0, 0.05) is 11.8 Å². The highest BCUT2D eigenvalue weighted by atomic mass is 32.2. The van der Waals surface area contributed by atoms with Gasteiger partial charge in [-0.05, 0) is 19.3 Å². The Morgan fingerprint density at radius 1 is 1.47 bits per heavy atom. The molecule has 0 N–H and O–H groups in total. The van der Waals surface area contributed by atoms with Gasteiger partial charge in [0.25, 0.3) is 0 Å². The first-order valence-corrected chi connectivity index (χ1v) is 6.55. The van der Waals surface area contributed by atoms with Gasteiger partial charge in [0.05, 0.1) is 6.04 Å². The topological polar surface area (TPSA) is 29.4 Å². The maximum Gasteiger partial charge on any atom is 0.184 e. The van der Waals surface area contributed by atoms with Crippen molar-refractivity contribution in [3.8, 4) is 0 Å². The van der Waals surface area contributed by atoms with Crippen LogP contribution in [0.1, 0.15) is 46.5 Å². The summed E-state index contributed by atoms with van der Waals surface area (Å²) in [6, 6.07) is 0.311. The van der Waals surface area contributed by atoms with E-state index >= 15 is 0 Å². The summed E-state index contributed by atoms with van der Waals surface area (Å²) in [6.07, 6.45) is 7.03. The van der Waals surface area contributed by atoms with Gasteiger partial charge in [-0.3, -0.25) is 9.79 Å². The van der Waals surface area contributed by atoms with Crippen LogP contribution in [0.25, 0.3) is 0 Å². The van der Waals surface area contributed by atoms with E-state index in [2.05, 4.69) is 11.1 Å². The second-order valence-corrected chi connectivity index (χ2v) is 4.56. The number of aliphatic imine (C=N–C) groups is 1. The first-order valence-electron chi connectivity index (χ1n) is 5.74. The molecule has 2 aliphatic rings. The number of rotatable bonds is 1. The standard InChI is InChI=1S/C10H13NOS.C2H6/c1-7(12)10-11-8-5-3-2-4-6-9(8)13-10;1-2/h6,8H,2-5H2,1H3;1-2H3. The molecule has 1 unspecified atom stereocenters. The zero-order chi connectivity index (χ0) is 11.3. The Bertz CT molecular complexity index is 294. The molecule has 84 valence electrons. The van der Waals surface area contributed by atoms with E-state index in [4.69, 9.17) is 0 Å².